The number of likely N-dealkylation sites (N-methyl/N-ethyl adjacent to an activating group) is 1. The number of aliphatic hydroxyl groups is 1. The van der Waals surface area contributed by atoms with Crippen molar-refractivity contribution in [2.24, 2.45) is 0 Å². The van der Waals surface area contributed by atoms with E-state index >= 15 is 0 Å². The summed E-state index contributed by atoms with van der Waals surface area (Å²) in [6.45, 7) is -3.24. The number of halogens is 3. The molecule has 0 aliphatic carbocycles. The van der Waals surface area contributed by atoms with E-state index in [1.165, 1.54) is 14.0 Å². The number of rotatable bonds is 4. The minimum Gasteiger partial charge on any atom is -0.448 e. The van der Waals surface area contributed by atoms with Crippen molar-refractivity contribution in [1.29, 1.82) is 0 Å². The van der Waals surface area contributed by atoms with E-state index in [-0.39, 0.29) is 57.9 Å². The maximum Gasteiger partial charge on any atom is 1.00 e. The molecule has 0 aliphatic rings. The summed E-state index contributed by atoms with van der Waals surface area (Å²) < 4.78 is 35.1. The van der Waals surface area contributed by atoms with Crippen LogP contribution in [0.5, 0.6) is 0 Å². The van der Waals surface area contributed by atoms with Crippen LogP contribution >= 0.6 is 0 Å². The van der Waals surface area contributed by atoms with Gasteiger partial charge in [-0.05, 0) is 20.4 Å². The van der Waals surface area contributed by atoms with Crippen LogP contribution in [0.2, 0.25) is 0 Å². The van der Waals surface area contributed by atoms with Crippen LogP contribution in [-0.4, -0.2) is 43.1 Å². The van der Waals surface area contributed by atoms with Crippen LogP contribution < -0.4 is 51.4 Å². The Morgan fingerprint density at radius 1 is 1.42 bits per heavy atom. The van der Waals surface area contributed by atoms with Crippen molar-refractivity contribution >= 4 is 6.98 Å². The van der Waals surface area contributed by atoms with Gasteiger partial charge in [0.25, 0.3) is 0 Å². The van der Waals surface area contributed by atoms with Crippen LogP contribution in [0.1, 0.15) is 6.92 Å². The zero-order valence-electron chi connectivity index (χ0n) is 7.60. The van der Waals surface area contributed by atoms with E-state index in [0.717, 1.165) is 4.90 Å². The number of hydrogen-bond donors (Lipinski definition) is 1. The molecule has 0 amide bonds. The molecule has 1 N–H and O–H groups in total. The Balaban J connectivity index is 0. The summed E-state index contributed by atoms with van der Waals surface area (Å²) in [5.41, 5.74) is 0. The Kier molecular flexibility index (Phi) is 9.00. The maximum atomic E-state index is 11.7. The van der Waals surface area contributed by atoms with Crippen molar-refractivity contribution in [1.82, 2.24) is 4.90 Å². The summed E-state index contributed by atoms with van der Waals surface area (Å²) in [5, 5.41) is 8.72. The summed E-state index contributed by atoms with van der Waals surface area (Å²) in [7, 11) is 1.34. The van der Waals surface area contributed by atoms with Crippen molar-refractivity contribution in [3.8, 4) is 0 Å². The van der Waals surface area contributed by atoms with Crippen LogP contribution in [-0.2, 0) is 0 Å². The minimum atomic E-state index is -4.76. The van der Waals surface area contributed by atoms with Gasteiger partial charge in [0.05, 0.1) is 6.10 Å². The molecule has 1 atom stereocenters. The predicted molar refractivity (Wildman–Crippen MR) is 38.3 cm³/mol. The van der Waals surface area contributed by atoms with Gasteiger partial charge in [0.2, 0.25) is 0 Å². The fourth-order valence-corrected chi connectivity index (χ4v) is 0.879. The zero-order valence-corrected chi connectivity index (χ0v) is 10.7. The molecule has 12 heavy (non-hydrogen) atoms. The third-order valence-electron chi connectivity index (χ3n) is 1.09. The molecule has 0 aliphatic heterocycles. The topological polar surface area (TPSA) is 23.5 Å². The molecule has 0 aromatic carbocycles. The molecule has 1 unspecified atom stereocenters. The molecule has 0 bridgehead atoms. The molecule has 0 saturated carbocycles. The third-order valence-corrected chi connectivity index (χ3v) is 1.09. The Bertz CT molecular complexity index is 122. The van der Waals surface area contributed by atoms with Crippen LogP contribution in [0.4, 0.5) is 12.9 Å². The minimum absolute atomic E-state index is 0. The summed E-state index contributed by atoms with van der Waals surface area (Å²) >= 11 is 0. The molecule has 0 rings (SSSR count). The van der Waals surface area contributed by atoms with Gasteiger partial charge in [-0.2, -0.15) is 0 Å². The van der Waals surface area contributed by atoms with Crippen molar-refractivity contribution in [2.75, 3.05) is 20.0 Å². The standard InChI is InChI=1S/C5H12BF3NO.K/c1-5(11)3-10(2)4-6(7,8)9;/h5,11H,3-4H2,1-2H3;/q-1;+1. The van der Waals surface area contributed by atoms with E-state index in [1.54, 1.807) is 0 Å². The van der Waals surface area contributed by atoms with Crippen molar-refractivity contribution < 1.29 is 69.4 Å². The number of nitrogens with zero attached hydrogens (tertiary/aromatic N) is 1. The summed E-state index contributed by atoms with van der Waals surface area (Å²) in [6, 6.07) is 0. The number of aliphatic hydroxyl groups excluding tert-OH is 1. The Morgan fingerprint density at radius 3 is 2.08 bits per heavy atom. The van der Waals surface area contributed by atoms with E-state index in [0.29, 0.717) is 0 Å². The summed E-state index contributed by atoms with van der Waals surface area (Å²) in [5.74, 6) is 0. The summed E-state index contributed by atoms with van der Waals surface area (Å²) in [6.07, 6.45) is -1.62. The smallest absolute Gasteiger partial charge is 0.448 e. The molecule has 0 spiro atoms. The zero-order chi connectivity index (χ0) is 9.07. The maximum absolute atomic E-state index is 11.7. The molecule has 2 nitrogen and oxygen atoms in total. The van der Waals surface area contributed by atoms with Gasteiger partial charge in [-0.1, -0.05) is 0 Å². The molecule has 0 radical (unpaired) electrons. The Labute approximate surface area is 113 Å². The molecule has 0 heterocycles. The first kappa shape index (κ1) is 15.9. The first-order chi connectivity index (χ1) is 4.81. The average Bonchev–Trinajstić information content (AvgIpc) is 1.53. The van der Waals surface area contributed by atoms with Crippen LogP contribution in [0.25, 0.3) is 0 Å². The molecule has 0 aromatic heterocycles. The molecule has 0 aromatic rings. The molecular weight excluding hydrogens is 197 g/mol. The largest absolute Gasteiger partial charge is 1.00 e. The third kappa shape index (κ3) is 11.4. The fraction of sp³-hybridized carbons (Fsp3) is 1.00. The molecular formula is C5H12BF3KNO. The van der Waals surface area contributed by atoms with Crippen LogP contribution in [0.15, 0.2) is 0 Å². The van der Waals surface area contributed by atoms with E-state index in [2.05, 4.69) is 0 Å². The van der Waals surface area contributed by atoms with Gasteiger partial charge in [-0.25, -0.2) is 0 Å². The van der Waals surface area contributed by atoms with Gasteiger partial charge in [0, 0.05) is 6.54 Å². The van der Waals surface area contributed by atoms with Crippen molar-refractivity contribution in [3.63, 3.8) is 0 Å². The second-order valence-corrected chi connectivity index (χ2v) is 2.78. The number of hydrogen-bond acceptors (Lipinski definition) is 2. The van der Waals surface area contributed by atoms with Crippen LogP contribution in [0.3, 0.4) is 0 Å². The SMILES string of the molecule is CC(O)CN(C)C[B-](F)(F)F.[K+]. The second-order valence-electron chi connectivity index (χ2n) is 2.78. The Morgan fingerprint density at radius 2 is 1.83 bits per heavy atom. The van der Waals surface area contributed by atoms with Gasteiger partial charge < -0.3 is 23.0 Å². The Hall–Kier alpha value is 1.41. The summed E-state index contributed by atoms with van der Waals surface area (Å²) in [4.78, 5) is 1.06. The van der Waals surface area contributed by atoms with E-state index < -0.39 is 19.5 Å². The quantitative estimate of drug-likeness (QED) is 0.526. The fourth-order valence-electron chi connectivity index (χ4n) is 0.879. The monoisotopic (exact) mass is 209 g/mol. The van der Waals surface area contributed by atoms with Gasteiger partial charge in [-0.15, -0.1) is 0 Å². The molecule has 7 heteroatoms. The van der Waals surface area contributed by atoms with Crippen molar-refractivity contribution in [2.45, 2.75) is 13.0 Å². The normalized spacial score (nSPS) is 14.2. The van der Waals surface area contributed by atoms with E-state index in [9.17, 15) is 12.9 Å². The van der Waals surface area contributed by atoms with Crippen LogP contribution in [0, 0.1) is 0 Å². The average molecular weight is 209 g/mol. The molecule has 0 fully saturated rings. The first-order valence-corrected chi connectivity index (χ1v) is 3.39. The van der Waals surface area contributed by atoms with Crippen molar-refractivity contribution in [3.05, 3.63) is 0 Å². The second kappa shape index (κ2) is 6.80. The van der Waals surface area contributed by atoms with Gasteiger partial charge >= 0.3 is 58.4 Å². The van der Waals surface area contributed by atoms with E-state index in [1.807, 2.05) is 0 Å². The predicted octanol–water partition coefficient (Wildman–Crippen LogP) is -2.31. The molecule has 0 saturated heterocycles. The first-order valence-electron chi connectivity index (χ1n) is 3.39. The van der Waals surface area contributed by atoms with Gasteiger partial charge in [0.15, 0.2) is 0 Å². The van der Waals surface area contributed by atoms with Gasteiger partial charge in [0.1, 0.15) is 0 Å². The van der Waals surface area contributed by atoms with E-state index in [4.69, 9.17) is 5.11 Å². The van der Waals surface area contributed by atoms with Gasteiger partial charge in [-0.3, -0.25) is 0 Å². The molecule has 68 valence electrons.